The quantitative estimate of drug-likeness (QED) is 0.837. The fourth-order valence-corrected chi connectivity index (χ4v) is 3.22. The number of anilines is 1. The van der Waals surface area contributed by atoms with Crippen molar-refractivity contribution in [2.75, 3.05) is 5.73 Å². The number of nitrogen functional groups attached to an aromatic ring is 1. The standard InChI is InChI=1S/C14H20ClN3/c1-13(2)5-9(6-14(3,4)8-13)10-7-17-12(16)11(15)18-10/h5,7H,6,8H2,1-4H3,(H2,16,17). The summed E-state index contributed by atoms with van der Waals surface area (Å²) >= 11 is 5.95. The molecule has 0 aromatic carbocycles. The molecule has 0 saturated carbocycles. The fraction of sp³-hybridized carbons (Fsp3) is 0.571. The Labute approximate surface area is 113 Å². The van der Waals surface area contributed by atoms with Crippen molar-refractivity contribution >= 4 is 23.0 Å². The van der Waals surface area contributed by atoms with Crippen LogP contribution in [0.1, 0.15) is 46.2 Å². The molecule has 0 saturated heterocycles. The Morgan fingerprint density at radius 2 is 1.94 bits per heavy atom. The van der Waals surface area contributed by atoms with Crippen molar-refractivity contribution in [3.05, 3.63) is 23.1 Å². The molecule has 1 heterocycles. The minimum atomic E-state index is 0.173. The van der Waals surface area contributed by atoms with Gasteiger partial charge in [0.15, 0.2) is 11.0 Å². The summed E-state index contributed by atoms with van der Waals surface area (Å²) in [5.74, 6) is 0.287. The van der Waals surface area contributed by atoms with E-state index in [0.717, 1.165) is 12.1 Å². The van der Waals surface area contributed by atoms with Crippen LogP contribution >= 0.6 is 11.6 Å². The van der Waals surface area contributed by atoms with E-state index in [1.165, 1.54) is 12.0 Å². The molecule has 2 N–H and O–H groups in total. The van der Waals surface area contributed by atoms with E-state index >= 15 is 0 Å². The molecular weight excluding hydrogens is 246 g/mol. The normalized spacial score (nSPS) is 21.5. The predicted octanol–water partition coefficient (Wildman–Crippen LogP) is 3.94. The van der Waals surface area contributed by atoms with Crippen LogP contribution in [0.15, 0.2) is 12.3 Å². The number of nitrogens with zero attached hydrogens (tertiary/aromatic N) is 2. The van der Waals surface area contributed by atoms with Gasteiger partial charge in [-0.25, -0.2) is 9.97 Å². The number of allylic oxidation sites excluding steroid dienone is 2. The molecular formula is C14H20ClN3. The van der Waals surface area contributed by atoms with Crippen LogP contribution in [0.25, 0.3) is 5.57 Å². The molecule has 0 atom stereocenters. The highest BCUT2D eigenvalue weighted by atomic mass is 35.5. The summed E-state index contributed by atoms with van der Waals surface area (Å²) in [6.07, 6.45) is 6.16. The zero-order valence-corrected chi connectivity index (χ0v) is 12.2. The van der Waals surface area contributed by atoms with Crippen LogP contribution in [0.5, 0.6) is 0 Å². The van der Waals surface area contributed by atoms with Crippen molar-refractivity contribution in [2.45, 2.75) is 40.5 Å². The number of hydrogen-bond acceptors (Lipinski definition) is 3. The van der Waals surface area contributed by atoms with Crippen LogP contribution in [-0.2, 0) is 0 Å². The lowest BCUT2D eigenvalue weighted by Crippen LogP contribution is -2.27. The summed E-state index contributed by atoms with van der Waals surface area (Å²) in [5.41, 5.74) is 8.10. The van der Waals surface area contributed by atoms with E-state index in [9.17, 15) is 0 Å². The molecule has 0 fully saturated rings. The second kappa shape index (κ2) is 4.23. The lowest BCUT2D eigenvalue weighted by Gasteiger charge is -2.39. The minimum Gasteiger partial charge on any atom is -0.381 e. The van der Waals surface area contributed by atoms with E-state index in [0.29, 0.717) is 0 Å². The monoisotopic (exact) mass is 265 g/mol. The van der Waals surface area contributed by atoms with Gasteiger partial charge in [0, 0.05) is 0 Å². The van der Waals surface area contributed by atoms with Crippen LogP contribution < -0.4 is 5.73 Å². The van der Waals surface area contributed by atoms with Gasteiger partial charge in [0.1, 0.15) is 0 Å². The molecule has 0 unspecified atom stereocenters. The minimum absolute atomic E-state index is 0.173. The molecule has 3 nitrogen and oxygen atoms in total. The number of rotatable bonds is 1. The molecule has 18 heavy (non-hydrogen) atoms. The highest BCUT2D eigenvalue weighted by molar-refractivity contribution is 6.31. The Bertz CT molecular complexity index is 504. The second-order valence-corrected chi connectivity index (χ2v) is 6.97. The average molecular weight is 266 g/mol. The maximum atomic E-state index is 5.95. The number of nitrogens with two attached hydrogens (primary N) is 1. The molecule has 1 aliphatic rings. The Hall–Kier alpha value is -1.09. The SMILES string of the molecule is CC1(C)C=C(c2cnc(N)c(Cl)n2)CC(C)(C)C1. The number of halogens is 1. The Morgan fingerprint density at radius 1 is 1.28 bits per heavy atom. The number of hydrogen-bond donors (Lipinski definition) is 1. The summed E-state index contributed by atoms with van der Waals surface area (Å²) in [5, 5.41) is 0.287. The van der Waals surface area contributed by atoms with Crippen molar-refractivity contribution in [1.82, 2.24) is 9.97 Å². The van der Waals surface area contributed by atoms with E-state index in [-0.39, 0.29) is 21.8 Å². The first-order valence-corrected chi connectivity index (χ1v) is 6.56. The first-order valence-electron chi connectivity index (χ1n) is 6.19. The van der Waals surface area contributed by atoms with E-state index in [2.05, 4.69) is 43.7 Å². The van der Waals surface area contributed by atoms with Crippen molar-refractivity contribution in [1.29, 1.82) is 0 Å². The Balaban J connectivity index is 2.43. The highest BCUT2D eigenvalue weighted by Gasteiger charge is 2.34. The van der Waals surface area contributed by atoms with E-state index in [4.69, 9.17) is 17.3 Å². The third kappa shape index (κ3) is 2.83. The molecule has 1 aliphatic carbocycles. The van der Waals surface area contributed by atoms with Gasteiger partial charge < -0.3 is 5.73 Å². The largest absolute Gasteiger partial charge is 0.381 e. The van der Waals surface area contributed by atoms with Crippen LogP contribution in [0.4, 0.5) is 5.82 Å². The van der Waals surface area contributed by atoms with Gasteiger partial charge in [0.25, 0.3) is 0 Å². The number of aromatic nitrogens is 2. The average Bonchev–Trinajstić information content (AvgIpc) is 2.17. The third-order valence-corrected chi connectivity index (χ3v) is 3.53. The topological polar surface area (TPSA) is 51.8 Å². The first-order chi connectivity index (χ1) is 8.19. The van der Waals surface area contributed by atoms with Gasteiger partial charge in [-0.05, 0) is 29.2 Å². The molecule has 1 aromatic heterocycles. The van der Waals surface area contributed by atoms with Crippen molar-refractivity contribution in [3.8, 4) is 0 Å². The van der Waals surface area contributed by atoms with Crippen LogP contribution in [0, 0.1) is 10.8 Å². The third-order valence-electron chi connectivity index (χ3n) is 3.25. The summed E-state index contributed by atoms with van der Waals surface area (Å²) in [6.45, 7) is 9.07. The van der Waals surface area contributed by atoms with Gasteiger partial charge in [-0.3, -0.25) is 0 Å². The van der Waals surface area contributed by atoms with Crippen molar-refractivity contribution in [2.24, 2.45) is 10.8 Å². The van der Waals surface area contributed by atoms with E-state index in [1.54, 1.807) is 6.20 Å². The molecule has 0 spiro atoms. The second-order valence-electron chi connectivity index (χ2n) is 6.61. The smallest absolute Gasteiger partial charge is 0.171 e. The molecule has 98 valence electrons. The van der Waals surface area contributed by atoms with Gasteiger partial charge in [0.05, 0.1) is 11.9 Å². The highest BCUT2D eigenvalue weighted by Crippen LogP contribution is 2.47. The molecule has 4 heteroatoms. The Kier molecular flexibility index (Phi) is 3.14. The van der Waals surface area contributed by atoms with Crippen molar-refractivity contribution < 1.29 is 0 Å². The van der Waals surface area contributed by atoms with Gasteiger partial charge in [-0.1, -0.05) is 45.4 Å². The summed E-state index contributed by atoms with van der Waals surface area (Å²) < 4.78 is 0. The molecule has 1 aromatic rings. The Morgan fingerprint density at radius 3 is 2.50 bits per heavy atom. The molecule has 0 amide bonds. The summed E-state index contributed by atoms with van der Waals surface area (Å²) in [4.78, 5) is 8.43. The van der Waals surface area contributed by atoms with Gasteiger partial charge in [0.2, 0.25) is 0 Å². The fourth-order valence-electron chi connectivity index (χ4n) is 3.08. The van der Waals surface area contributed by atoms with Crippen molar-refractivity contribution in [3.63, 3.8) is 0 Å². The first kappa shape index (κ1) is 13.3. The van der Waals surface area contributed by atoms with E-state index in [1.807, 2.05) is 0 Å². The van der Waals surface area contributed by atoms with Gasteiger partial charge >= 0.3 is 0 Å². The zero-order valence-electron chi connectivity index (χ0n) is 11.4. The van der Waals surface area contributed by atoms with E-state index < -0.39 is 0 Å². The zero-order chi connectivity index (χ0) is 13.6. The lowest BCUT2D eigenvalue weighted by molar-refractivity contribution is 0.228. The molecule has 0 bridgehead atoms. The molecule has 0 radical (unpaired) electrons. The van der Waals surface area contributed by atoms with Crippen LogP contribution in [0.2, 0.25) is 5.15 Å². The van der Waals surface area contributed by atoms with Gasteiger partial charge in [-0.15, -0.1) is 0 Å². The van der Waals surface area contributed by atoms with Crippen LogP contribution in [-0.4, -0.2) is 9.97 Å². The summed E-state index contributed by atoms with van der Waals surface area (Å²) in [6, 6.07) is 0. The predicted molar refractivity (Wildman–Crippen MR) is 76.2 cm³/mol. The maximum Gasteiger partial charge on any atom is 0.171 e. The summed E-state index contributed by atoms with van der Waals surface area (Å²) in [7, 11) is 0. The van der Waals surface area contributed by atoms with Crippen LogP contribution in [0.3, 0.4) is 0 Å². The molecule has 2 rings (SSSR count). The maximum absolute atomic E-state index is 5.95. The lowest BCUT2D eigenvalue weighted by atomic mass is 9.66. The molecule has 0 aliphatic heterocycles. The van der Waals surface area contributed by atoms with Gasteiger partial charge in [-0.2, -0.15) is 0 Å².